The molecular weight excluding hydrogens is 232 g/mol. The predicted molar refractivity (Wildman–Crippen MR) is 69.2 cm³/mol. The van der Waals surface area contributed by atoms with Gasteiger partial charge in [-0.2, -0.15) is 0 Å². The minimum absolute atomic E-state index is 0.143. The molecule has 0 aliphatic carbocycles. The second-order valence-corrected chi connectivity index (χ2v) is 4.13. The Bertz CT molecular complexity index is 432. The largest absolute Gasteiger partial charge is 0.385 e. The van der Waals surface area contributed by atoms with Crippen LogP contribution in [-0.4, -0.2) is 42.3 Å². The molecule has 0 bridgehead atoms. The molecule has 0 aromatic carbocycles. The lowest BCUT2D eigenvalue weighted by Crippen LogP contribution is -2.22. The van der Waals surface area contributed by atoms with E-state index in [0.29, 0.717) is 25.1 Å². The third-order valence-corrected chi connectivity index (χ3v) is 2.31. The number of primary amides is 1. The van der Waals surface area contributed by atoms with Crippen LogP contribution in [0.4, 0.5) is 5.69 Å². The van der Waals surface area contributed by atoms with Gasteiger partial charge < -0.3 is 16.0 Å². The van der Waals surface area contributed by atoms with E-state index in [1.807, 2.05) is 0 Å². The van der Waals surface area contributed by atoms with Crippen LogP contribution < -0.4 is 11.1 Å². The van der Waals surface area contributed by atoms with E-state index in [1.54, 1.807) is 32.4 Å². The van der Waals surface area contributed by atoms with Crippen LogP contribution in [0.25, 0.3) is 0 Å². The van der Waals surface area contributed by atoms with E-state index in [0.717, 1.165) is 5.69 Å². The van der Waals surface area contributed by atoms with E-state index in [1.165, 1.54) is 4.90 Å². The van der Waals surface area contributed by atoms with Crippen molar-refractivity contribution in [2.75, 3.05) is 26.0 Å². The number of nitrogens with one attached hydrogen (secondary N) is 1. The summed E-state index contributed by atoms with van der Waals surface area (Å²) in [6.07, 6.45) is 2.59. The summed E-state index contributed by atoms with van der Waals surface area (Å²) in [4.78, 5) is 27.7. The molecule has 0 saturated carbocycles. The first-order valence-corrected chi connectivity index (χ1v) is 5.70. The number of carbonyl (C=O) groups is 2. The van der Waals surface area contributed by atoms with Gasteiger partial charge in [0.05, 0.1) is 0 Å². The van der Waals surface area contributed by atoms with Crippen LogP contribution in [-0.2, 0) is 4.79 Å². The zero-order valence-electron chi connectivity index (χ0n) is 10.6. The molecule has 0 radical (unpaired) electrons. The molecule has 0 spiro atoms. The molecule has 98 valence electrons. The second kappa shape index (κ2) is 6.58. The fourth-order valence-electron chi connectivity index (χ4n) is 1.38. The minimum atomic E-state index is -0.310. The smallest absolute Gasteiger partial charge is 0.272 e. The first-order valence-electron chi connectivity index (χ1n) is 5.70. The van der Waals surface area contributed by atoms with E-state index >= 15 is 0 Å². The van der Waals surface area contributed by atoms with Crippen LogP contribution in [0.2, 0.25) is 0 Å². The summed E-state index contributed by atoms with van der Waals surface area (Å²) in [5.41, 5.74) is 6.24. The number of pyridine rings is 1. The van der Waals surface area contributed by atoms with Gasteiger partial charge in [0.1, 0.15) is 5.69 Å². The van der Waals surface area contributed by atoms with Crippen LogP contribution in [0.1, 0.15) is 23.3 Å². The molecule has 0 unspecified atom stereocenters. The topological polar surface area (TPSA) is 88.3 Å². The molecule has 0 atom stereocenters. The van der Waals surface area contributed by atoms with Crippen molar-refractivity contribution in [2.24, 2.45) is 5.73 Å². The van der Waals surface area contributed by atoms with Crippen LogP contribution in [0.15, 0.2) is 18.3 Å². The predicted octanol–water partition coefficient (Wildman–Crippen LogP) is 0.461. The molecule has 1 rings (SSSR count). The van der Waals surface area contributed by atoms with E-state index in [-0.39, 0.29) is 11.8 Å². The molecule has 0 fully saturated rings. The van der Waals surface area contributed by atoms with E-state index in [9.17, 15) is 9.59 Å². The normalized spacial score (nSPS) is 9.89. The number of nitrogens with zero attached hydrogens (tertiary/aromatic N) is 2. The summed E-state index contributed by atoms with van der Waals surface area (Å²) < 4.78 is 0. The quantitative estimate of drug-likeness (QED) is 0.718. The van der Waals surface area contributed by atoms with Crippen molar-refractivity contribution in [2.45, 2.75) is 12.8 Å². The highest BCUT2D eigenvalue weighted by molar-refractivity contribution is 5.92. The number of amides is 2. The highest BCUT2D eigenvalue weighted by Gasteiger charge is 2.09. The Morgan fingerprint density at radius 2 is 2.17 bits per heavy atom. The Morgan fingerprint density at radius 1 is 1.44 bits per heavy atom. The van der Waals surface area contributed by atoms with Crippen LogP contribution in [0, 0.1) is 0 Å². The standard InChI is InChI=1S/C12H18N4O2/c1-16(2)12(18)10-8-9(5-7-15-10)14-6-3-4-11(13)17/h5,7-8H,3-4,6H2,1-2H3,(H2,13,17)(H,14,15). The first kappa shape index (κ1) is 14.0. The van der Waals surface area contributed by atoms with Gasteiger partial charge in [0, 0.05) is 38.9 Å². The molecule has 18 heavy (non-hydrogen) atoms. The Kier molecular flexibility index (Phi) is 5.10. The highest BCUT2D eigenvalue weighted by Crippen LogP contribution is 2.09. The van der Waals surface area contributed by atoms with Gasteiger partial charge in [-0.15, -0.1) is 0 Å². The minimum Gasteiger partial charge on any atom is -0.385 e. The lowest BCUT2D eigenvalue weighted by atomic mass is 10.2. The lowest BCUT2D eigenvalue weighted by molar-refractivity contribution is -0.118. The van der Waals surface area contributed by atoms with Crippen molar-refractivity contribution in [1.82, 2.24) is 9.88 Å². The summed E-state index contributed by atoms with van der Waals surface area (Å²) in [5, 5.41) is 3.12. The van der Waals surface area contributed by atoms with Crippen molar-refractivity contribution in [3.8, 4) is 0 Å². The summed E-state index contributed by atoms with van der Waals surface area (Å²) in [5.74, 6) is -0.453. The lowest BCUT2D eigenvalue weighted by Gasteiger charge is -2.11. The molecular formula is C12H18N4O2. The number of rotatable bonds is 6. The van der Waals surface area contributed by atoms with E-state index in [4.69, 9.17) is 5.73 Å². The van der Waals surface area contributed by atoms with E-state index < -0.39 is 0 Å². The van der Waals surface area contributed by atoms with Crippen molar-refractivity contribution in [3.63, 3.8) is 0 Å². The van der Waals surface area contributed by atoms with Crippen LogP contribution in [0.3, 0.4) is 0 Å². The Labute approximate surface area is 106 Å². The molecule has 0 aliphatic heterocycles. The van der Waals surface area contributed by atoms with Gasteiger partial charge in [-0.3, -0.25) is 14.6 Å². The number of hydrogen-bond acceptors (Lipinski definition) is 4. The molecule has 6 nitrogen and oxygen atoms in total. The maximum Gasteiger partial charge on any atom is 0.272 e. The van der Waals surface area contributed by atoms with Crippen LogP contribution in [0.5, 0.6) is 0 Å². The van der Waals surface area contributed by atoms with Gasteiger partial charge in [-0.1, -0.05) is 0 Å². The third kappa shape index (κ3) is 4.40. The molecule has 1 heterocycles. The Morgan fingerprint density at radius 3 is 2.78 bits per heavy atom. The SMILES string of the molecule is CN(C)C(=O)c1cc(NCCCC(N)=O)ccn1. The fourth-order valence-corrected chi connectivity index (χ4v) is 1.38. The van der Waals surface area contributed by atoms with Crippen molar-refractivity contribution in [1.29, 1.82) is 0 Å². The molecule has 0 saturated heterocycles. The molecule has 0 aliphatic rings. The van der Waals surface area contributed by atoms with Crippen molar-refractivity contribution in [3.05, 3.63) is 24.0 Å². The van der Waals surface area contributed by atoms with Gasteiger partial charge in [0.15, 0.2) is 0 Å². The molecule has 2 amide bonds. The summed E-state index contributed by atoms with van der Waals surface area (Å²) in [6.45, 7) is 0.628. The number of aromatic nitrogens is 1. The van der Waals surface area contributed by atoms with Gasteiger partial charge in [-0.25, -0.2) is 0 Å². The number of anilines is 1. The van der Waals surface area contributed by atoms with Crippen LogP contribution >= 0.6 is 0 Å². The number of nitrogens with two attached hydrogens (primary N) is 1. The zero-order valence-corrected chi connectivity index (χ0v) is 10.6. The van der Waals surface area contributed by atoms with Gasteiger partial charge in [0.2, 0.25) is 5.91 Å². The second-order valence-electron chi connectivity index (χ2n) is 4.13. The van der Waals surface area contributed by atoms with Crippen molar-refractivity contribution >= 4 is 17.5 Å². The molecule has 1 aromatic heterocycles. The zero-order chi connectivity index (χ0) is 13.5. The number of carbonyl (C=O) groups excluding carboxylic acids is 2. The average Bonchev–Trinajstić information content (AvgIpc) is 2.33. The van der Waals surface area contributed by atoms with Gasteiger partial charge in [-0.05, 0) is 18.6 Å². The summed E-state index contributed by atoms with van der Waals surface area (Å²) >= 11 is 0. The summed E-state index contributed by atoms with van der Waals surface area (Å²) in [7, 11) is 3.36. The van der Waals surface area contributed by atoms with Crippen molar-refractivity contribution < 1.29 is 9.59 Å². The first-order chi connectivity index (χ1) is 8.50. The highest BCUT2D eigenvalue weighted by atomic mass is 16.2. The monoisotopic (exact) mass is 250 g/mol. The molecule has 3 N–H and O–H groups in total. The molecule has 1 aromatic rings. The van der Waals surface area contributed by atoms with Gasteiger partial charge in [0.25, 0.3) is 5.91 Å². The maximum atomic E-state index is 11.7. The average molecular weight is 250 g/mol. The Hall–Kier alpha value is -2.11. The fraction of sp³-hybridized carbons (Fsp3) is 0.417. The Balaban J connectivity index is 2.54. The van der Waals surface area contributed by atoms with Gasteiger partial charge >= 0.3 is 0 Å². The maximum absolute atomic E-state index is 11.7. The third-order valence-electron chi connectivity index (χ3n) is 2.31. The number of hydrogen-bond donors (Lipinski definition) is 2. The molecule has 6 heteroatoms. The summed E-state index contributed by atoms with van der Waals surface area (Å²) in [6, 6.07) is 3.46. The van der Waals surface area contributed by atoms with E-state index in [2.05, 4.69) is 10.3 Å².